The van der Waals surface area contributed by atoms with E-state index in [1.807, 2.05) is 24.1 Å². The van der Waals surface area contributed by atoms with Crippen LogP contribution in [0.15, 0.2) is 18.2 Å². The lowest BCUT2D eigenvalue weighted by Crippen LogP contribution is -2.26. The van der Waals surface area contributed by atoms with Crippen LogP contribution in [0.4, 0.5) is 0 Å². The molecule has 0 aromatic heterocycles. The van der Waals surface area contributed by atoms with Crippen molar-refractivity contribution in [1.29, 1.82) is 0 Å². The molecular weight excluding hydrogens is 233 g/mol. The second-order valence-corrected chi connectivity index (χ2v) is 4.61. The summed E-state index contributed by atoms with van der Waals surface area (Å²) in [5.74, 6) is 0. The Bertz CT molecular complexity index is 328. The van der Waals surface area contributed by atoms with Gasteiger partial charge in [-0.2, -0.15) is 0 Å². The van der Waals surface area contributed by atoms with Gasteiger partial charge in [0.05, 0.1) is 16.1 Å². The zero-order valence-electron chi connectivity index (χ0n) is 8.87. The number of nitrogens with zero attached hydrogens (tertiary/aromatic N) is 1. The summed E-state index contributed by atoms with van der Waals surface area (Å²) in [5.41, 5.74) is 1.09. The van der Waals surface area contributed by atoms with E-state index < -0.39 is 0 Å². The van der Waals surface area contributed by atoms with E-state index in [0.29, 0.717) is 16.6 Å². The van der Waals surface area contributed by atoms with Crippen LogP contribution in [0.2, 0.25) is 10.0 Å². The van der Waals surface area contributed by atoms with Crippen LogP contribution in [-0.4, -0.2) is 29.7 Å². The minimum Gasteiger partial charge on any atom is -0.392 e. The highest BCUT2D eigenvalue weighted by atomic mass is 35.5. The molecule has 1 atom stereocenters. The van der Waals surface area contributed by atoms with E-state index in [1.165, 1.54) is 0 Å². The fourth-order valence-electron chi connectivity index (χ4n) is 1.47. The van der Waals surface area contributed by atoms with Crippen molar-refractivity contribution in [2.45, 2.75) is 19.6 Å². The van der Waals surface area contributed by atoms with Crippen molar-refractivity contribution in [1.82, 2.24) is 4.90 Å². The van der Waals surface area contributed by atoms with Crippen molar-refractivity contribution >= 4 is 23.2 Å². The van der Waals surface area contributed by atoms with Gasteiger partial charge in [-0.3, -0.25) is 4.90 Å². The Morgan fingerprint density at radius 3 is 2.53 bits per heavy atom. The van der Waals surface area contributed by atoms with Crippen molar-refractivity contribution in [2.24, 2.45) is 0 Å². The van der Waals surface area contributed by atoms with E-state index in [1.54, 1.807) is 13.0 Å². The molecule has 4 heteroatoms. The number of halogens is 2. The number of likely N-dealkylation sites (N-methyl/N-ethyl adjacent to an activating group) is 1. The highest BCUT2D eigenvalue weighted by Gasteiger charge is 2.05. The van der Waals surface area contributed by atoms with Crippen LogP contribution in [0.3, 0.4) is 0 Å². The number of aliphatic hydroxyl groups is 1. The number of hydrogen-bond acceptors (Lipinski definition) is 2. The van der Waals surface area contributed by atoms with Gasteiger partial charge in [-0.1, -0.05) is 29.3 Å². The van der Waals surface area contributed by atoms with Gasteiger partial charge >= 0.3 is 0 Å². The first-order valence-electron chi connectivity index (χ1n) is 4.79. The zero-order chi connectivity index (χ0) is 11.4. The summed E-state index contributed by atoms with van der Waals surface area (Å²) in [5, 5.41) is 10.3. The molecule has 0 fully saturated rings. The van der Waals surface area contributed by atoms with Crippen LogP contribution >= 0.6 is 23.2 Å². The summed E-state index contributed by atoms with van der Waals surface area (Å²) < 4.78 is 0. The molecule has 0 saturated carbocycles. The third kappa shape index (κ3) is 4.39. The number of hydrogen-bond donors (Lipinski definition) is 1. The molecule has 0 radical (unpaired) electrons. The largest absolute Gasteiger partial charge is 0.392 e. The van der Waals surface area contributed by atoms with E-state index in [4.69, 9.17) is 23.2 Å². The predicted octanol–water partition coefficient (Wildman–Crippen LogP) is 2.81. The Morgan fingerprint density at radius 1 is 1.33 bits per heavy atom. The smallest absolute Gasteiger partial charge is 0.0639 e. The van der Waals surface area contributed by atoms with Crippen molar-refractivity contribution in [3.8, 4) is 0 Å². The van der Waals surface area contributed by atoms with Crippen molar-refractivity contribution in [2.75, 3.05) is 13.6 Å². The molecule has 0 spiro atoms. The Labute approximate surface area is 100 Å². The molecule has 1 aromatic carbocycles. The molecule has 0 bridgehead atoms. The molecule has 1 unspecified atom stereocenters. The van der Waals surface area contributed by atoms with Gasteiger partial charge < -0.3 is 5.11 Å². The molecule has 0 aliphatic heterocycles. The van der Waals surface area contributed by atoms with E-state index in [9.17, 15) is 5.11 Å². The molecule has 0 aliphatic rings. The van der Waals surface area contributed by atoms with Gasteiger partial charge in [0.2, 0.25) is 0 Å². The van der Waals surface area contributed by atoms with E-state index in [0.717, 1.165) is 12.1 Å². The second kappa shape index (κ2) is 5.71. The summed E-state index contributed by atoms with van der Waals surface area (Å²) >= 11 is 11.7. The Balaban J connectivity index is 2.60. The quantitative estimate of drug-likeness (QED) is 0.885. The maximum Gasteiger partial charge on any atom is 0.0639 e. The van der Waals surface area contributed by atoms with Crippen LogP contribution in [0.25, 0.3) is 0 Å². The minimum absolute atomic E-state index is 0.322. The molecule has 15 heavy (non-hydrogen) atoms. The fourth-order valence-corrected chi connectivity index (χ4v) is 1.79. The van der Waals surface area contributed by atoms with E-state index >= 15 is 0 Å². The maximum atomic E-state index is 9.21. The predicted molar refractivity (Wildman–Crippen MR) is 64.5 cm³/mol. The third-order valence-corrected chi connectivity index (χ3v) is 2.75. The summed E-state index contributed by atoms with van der Waals surface area (Å²) in [6.07, 6.45) is -0.322. The lowest BCUT2D eigenvalue weighted by molar-refractivity contribution is 0.138. The molecule has 1 aromatic rings. The van der Waals surface area contributed by atoms with E-state index in [-0.39, 0.29) is 6.10 Å². The van der Waals surface area contributed by atoms with Gasteiger partial charge in [-0.05, 0) is 31.7 Å². The van der Waals surface area contributed by atoms with E-state index in [2.05, 4.69) is 0 Å². The topological polar surface area (TPSA) is 23.5 Å². The lowest BCUT2D eigenvalue weighted by atomic mass is 10.2. The Kier molecular flexibility index (Phi) is 4.87. The number of rotatable bonds is 4. The zero-order valence-corrected chi connectivity index (χ0v) is 10.4. The molecule has 0 saturated heterocycles. The summed E-state index contributed by atoms with van der Waals surface area (Å²) in [4.78, 5) is 2.03. The average Bonchev–Trinajstić information content (AvgIpc) is 2.10. The highest BCUT2D eigenvalue weighted by molar-refractivity contribution is 6.42. The molecular formula is C11H15Cl2NO. The molecule has 1 N–H and O–H groups in total. The van der Waals surface area contributed by atoms with Gasteiger partial charge in [-0.15, -0.1) is 0 Å². The molecule has 1 rings (SSSR count). The monoisotopic (exact) mass is 247 g/mol. The van der Waals surface area contributed by atoms with Crippen molar-refractivity contribution in [3.63, 3.8) is 0 Å². The third-order valence-electron chi connectivity index (χ3n) is 2.01. The van der Waals surface area contributed by atoms with Crippen molar-refractivity contribution < 1.29 is 5.11 Å². The van der Waals surface area contributed by atoms with Gasteiger partial charge in [0.1, 0.15) is 0 Å². The van der Waals surface area contributed by atoms with Gasteiger partial charge in [0.15, 0.2) is 0 Å². The number of benzene rings is 1. The first kappa shape index (κ1) is 12.8. The van der Waals surface area contributed by atoms with Gasteiger partial charge in [0.25, 0.3) is 0 Å². The summed E-state index contributed by atoms with van der Waals surface area (Å²) in [6, 6.07) is 5.57. The Hall–Kier alpha value is -0.280. The molecule has 0 amide bonds. The summed E-state index contributed by atoms with van der Waals surface area (Å²) in [6.45, 7) is 3.16. The SMILES string of the molecule is CC(O)CN(C)Cc1ccc(Cl)c(Cl)c1. The van der Waals surface area contributed by atoms with Gasteiger partial charge in [-0.25, -0.2) is 0 Å². The molecule has 84 valence electrons. The first-order chi connectivity index (χ1) is 6.99. The maximum absolute atomic E-state index is 9.21. The normalized spacial score (nSPS) is 13.2. The van der Waals surface area contributed by atoms with Crippen LogP contribution in [0.5, 0.6) is 0 Å². The van der Waals surface area contributed by atoms with Crippen LogP contribution < -0.4 is 0 Å². The highest BCUT2D eigenvalue weighted by Crippen LogP contribution is 2.23. The standard InChI is InChI=1S/C11H15Cl2NO/c1-8(15)6-14(2)7-9-3-4-10(12)11(13)5-9/h3-5,8,15H,6-7H2,1-2H3. The van der Waals surface area contributed by atoms with Gasteiger partial charge in [0, 0.05) is 13.1 Å². The Morgan fingerprint density at radius 2 is 2.00 bits per heavy atom. The minimum atomic E-state index is -0.322. The fraction of sp³-hybridized carbons (Fsp3) is 0.455. The average molecular weight is 248 g/mol. The van der Waals surface area contributed by atoms with Crippen LogP contribution in [0.1, 0.15) is 12.5 Å². The van der Waals surface area contributed by atoms with Crippen LogP contribution in [-0.2, 0) is 6.54 Å². The summed E-state index contributed by atoms with van der Waals surface area (Å²) in [7, 11) is 1.95. The van der Waals surface area contributed by atoms with Crippen LogP contribution in [0, 0.1) is 0 Å². The molecule has 0 aliphatic carbocycles. The van der Waals surface area contributed by atoms with Crippen molar-refractivity contribution in [3.05, 3.63) is 33.8 Å². The second-order valence-electron chi connectivity index (χ2n) is 3.79. The number of aliphatic hydroxyl groups excluding tert-OH is 1. The lowest BCUT2D eigenvalue weighted by Gasteiger charge is -2.18. The first-order valence-corrected chi connectivity index (χ1v) is 5.55. The molecule has 0 heterocycles. The molecule has 2 nitrogen and oxygen atoms in total.